The molecule has 1 unspecified atom stereocenters. The second kappa shape index (κ2) is 12.4. The van der Waals surface area contributed by atoms with Crippen molar-refractivity contribution in [3.05, 3.63) is 52.5 Å². The number of halogens is 1. The van der Waals surface area contributed by atoms with Crippen molar-refractivity contribution >= 4 is 51.5 Å². The van der Waals surface area contributed by atoms with E-state index in [-0.39, 0.29) is 5.91 Å². The number of benzene rings is 2. The van der Waals surface area contributed by atoms with Crippen LogP contribution in [0.4, 0.5) is 17.1 Å². The number of amides is 1. The van der Waals surface area contributed by atoms with Crippen molar-refractivity contribution in [2.75, 3.05) is 37.0 Å². The molecule has 2 rings (SSSR count). The fourth-order valence-electron chi connectivity index (χ4n) is 3.35. The van der Waals surface area contributed by atoms with Crippen LogP contribution in [0.2, 0.25) is 5.02 Å². The van der Waals surface area contributed by atoms with Crippen molar-refractivity contribution in [1.29, 1.82) is 0 Å². The Balaban J connectivity index is 2.29. The van der Waals surface area contributed by atoms with Gasteiger partial charge in [0.25, 0.3) is 5.91 Å². The number of nitrogens with one attached hydrogen (secondary N) is 2. The second-order valence-corrected chi connectivity index (χ2v) is 10.5. The van der Waals surface area contributed by atoms with Crippen LogP contribution < -0.4 is 14.9 Å². The van der Waals surface area contributed by atoms with Crippen LogP contribution in [0.25, 0.3) is 0 Å². The van der Waals surface area contributed by atoms with Gasteiger partial charge in [-0.2, -0.15) is 0 Å². The second-order valence-electron chi connectivity index (χ2n) is 8.99. The van der Waals surface area contributed by atoms with Crippen molar-refractivity contribution in [1.82, 2.24) is 4.72 Å². The molecule has 1 amide bonds. The summed E-state index contributed by atoms with van der Waals surface area (Å²) < 4.78 is 18.9. The summed E-state index contributed by atoms with van der Waals surface area (Å²) in [6.07, 6.45) is 0. The molecule has 0 bridgehead atoms. The largest absolute Gasteiger partial charge is 0.370 e. The molecular weight excluding hydrogens is 472 g/mol. The van der Waals surface area contributed by atoms with Crippen LogP contribution in [-0.4, -0.2) is 42.6 Å². The summed E-state index contributed by atoms with van der Waals surface area (Å²) >= 11 is 4.79. The maximum Gasteiger partial charge on any atom is 0.270 e. The summed E-state index contributed by atoms with van der Waals surface area (Å²) in [5, 5.41) is 3.40. The Morgan fingerprint density at radius 3 is 2.47 bits per heavy atom. The van der Waals surface area contributed by atoms with Gasteiger partial charge in [-0.05, 0) is 62.2 Å². The molecule has 7 nitrogen and oxygen atoms in total. The predicted octanol–water partition coefficient (Wildman–Crippen LogP) is 5.36. The Labute approximate surface area is 210 Å². The van der Waals surface area contributed by atoms with Crippen molar-refractivity contribution < 1.29 is 13.2 Å². The first-order chi connectivity index (χ1) is 16.0. The topological polar surface area (TPSA) is 83.0 Å². The lowest BCUT2D eigenvalue weighted by Crippen LogP contribution is -2.34. The number of hydrogen-bond donors (Lipinski definition) is 2. The van der Waals surface area contributed by atoms with Crippen LogP contribution >= 0.6 is 11.6 Å². The van der Waals surface area contributed by atoms with E-state index in [0.29, 0.717) is 29.5 Å². The molecule has 0 aliphatic heterocycles. The number of anilines is 2. The number of aryl methyl sites for hydroxylation is 2. The van der Waals surface area contributed by atoms with E-state index in [1.165, 1.54) is 7.11 Å². The van der Waals surface area contributed by atoms with Gasteiger partial charge in [0.15, 0.2) is 0 Å². The maximum absolute atomic E-state index is 13.2. The molecule has 0 aliphatic carbocycles. The molecule has 9 heteroatoms. The van der Waals surface area contributed by atoms with Gasteiger partial charge in [-0.1, -0.05) is 38.4 Å². The third kappa shape index (κ3) is 7.91. The molecule has 0 saturated heterocycles. The van der Waals surface area contributed by atoms with Gasteiger partial charge in [-0.25, -0.2) is 13.9 Å². The lowest BCUT2D eigenvalue weighted by Gasteiger charge is -2.24. The summed E-state index contributed by atoms with van der Waals surface area (Å²) in [4.78, 5) is 20.1. The molecule has 0 radical (unpaired) electrons. The van der Waals surface area contributed by atoms with E-state index < -0.39 is 16.7 Å². The lowest BCUT2D eigenvalue weighted by atomic mass is 9.89. The monoisotopic (exact) mass is 506 g/mol. The van der Waals surface area contributed by atoms with Gasteiger partial charge < -0.3 is 10.2 Å². The average Bonchev–Trinajstić information content (AvgIpc) is 2.77. The van der Waals surface area contributed by atoms with E-state index in [1.54, 1.807) is 6.07 Å². The van der Waals surface area contributed by atoms with Gasteiger partial charge >= 0.3 is 0 Å². The van der Waals surface area contributed by atoms with Crippen LogP contribution in [0.1, 0.15) is 38.8 Å². The third-order valence-corrected chi connectivity index (χ3v) is 6.28. The maximum atomic E-state index is 13.2. The molecule has 34 heavy (non-hydrogen) atoms. The molecule has 0 aliphatic rings. The van der Waals surface area contributed by atoms with Crippen molar-refractivity contribution in [2.45, 2.75) is 41.5 Å². The van der Waals surface area contributed by atoms with Gasteiger partial charge in [-0.15, -0.1) is 0 Å². The highest BCUT2D eigenvalue weighted by Crippen LogP contribution is 2.29. The normalized spacial score (nSPS) is 13.0. The first-order valence-corrected chi connectivity index (χ1v) is 12.6. The molecule has 0 spiro atoms. The summed E-state index contributed by atoms with van der Waals surface area (Å²) in [6, 6.07) is 11.5. The Morgan fingerprint density at radius 1 is 1.18 bits per heavy atom. The smallest absolute Gasteiger partial charge is 0.270 e. The van der Waals surface area contributed by atoms with Gasteiger partial charge in [0.1, 0.15) is 5.71 Å². The average molecular weight is 507 g/mol. The Hall–Kier alpha value is -2.26. The van der Waals surface area contributed by atoms with Crippen LogP contribution in [0.15, 0.2) is 41.4 Å². The fraction of sp³-hybridized carbons (Fsp3) is 0.440. The van der Waals surface area contributed by atoms with Crippen LogP contribution in [0.3, 0.4) is 0 Å². The molecule has 1 atom stereocenters. The molecular formula is C25H35ClN4O3S. The molecule has 186 valence electrons. The van der Waals surface area contributed by atoms with Crippen LogP contribution in [0.5, 0.6) is 0 Å². The molecule has 0 heterocycles. The zero-order valence-corrected chi connectivity index (χ0v) is 22.6. The standard InChI is InChI=1S/C25H35ClN4O3S/c1-8-30(14-13-27-34(32)33-7)19-10-12-21(18(3)16-19)28-23(25(4,5)6)24(31)29-22-15-17(2)9-11-20(22)26/h9-12,15-16,27H,8,13-14H2,1-7H3,(H,29,31). The summed E-state index contributed by atoms with van der Waals surface area (Å²) in [5.41, 5.74) is 4.21. The highest BCUT2D eigenvalue weighted by molar-refractivity contribution is 7.78. The minimum Gasteiger partial charge on any atom is -0.370 e. The Morgan fingerprint density at radius 2 is 1.88 bits per heavy atom. The molecule has 2 aromatic carbocycles. The first-order valence-electron chi connectivity index (χ1n) is 11.2. The number of carbonyl (C=O) groups is 1. The highest BCUT2D eigenvalue weighted by atomic mass is 35.5. The van der Waals surface area contributed by atoms with Gasteiger partial charge in [0.2, 0.25) is 11.3 Å². The molecule has 0 saturated carbocycles. The van der Waals surface area contributed by atoms with Gasteiger partial charge in [0, 0.05) is 30.7 Å². The number of aliphatic imine (C=N–C) groups is 1. The van der Waals surface area contributed by atoms with E-state index >= 15 is 0 Å². The summed E-state index contributed by atoms with van der Waals surface area (Å²) in [5.74, 6) is -0.282. The van der Waals surface area contributed by atoms with E-state index in [4.69, 9.17) is 20.8 Å². The molecule has 2 aromatic rings. The molecule has 2 N–H and O–H groups in total. The highest BCUT2D eigenvalue weighted by Gasteiger charge is 2.27. The van der Waals surface area contributed by atoms with Gasteiger partial charge in [-0.3, -0.25) is 8.98 Å². The quantitative estimate of drug-likeness (QED) is 0.425. The van der Waals surface area contributed by atoms with Crippen molar-refractivity contribution in [3.8, 4) is 0 Å². The Bertz CT molecular complexity index is 1070. The zero-order valence-electron chi connectivity index (χ0n) is 21.0. The number of nitrogens with zero attached hydrogens (tertiary/aromatic N) is 2. The summed E-state index contributed by atoms with van der Waals surface area (Å²) in [6.45, 7) is 13.8. The SMILES string of the molecule is CCN(CCNS(=O)OC)c1ccc(N=C(C(=O)Nc2cc(C)ccc2Cl)C(C)(C)C)c(C)c1. The number of carbonyl (C=O) groups excluding carboxylic acids is 1. The lowest BCUT2D eigenvalue weighted by molar-refractivity contribution is -0.110. The van der Waals surface area contributed by atoms with E-state index in [9.17, 15) is 9.00 Å². The minimum atomic E-state index is -1.49. The summed E-state index contributed by atoms with van der Waals surface area (Å²) in [7, 11) is 1.39. The van der Waals surface area contributed by atoms with Crippen molar-refractivity contribution in [2.24, 2.45) is 10.4 Å². The minimum absolute atomic E-state index is 0.282. The van der Waals surface area contributed by atoms with E-state index in [2.05, 4.69) is 21.9 Å². The van der Waals surface area contributed by atoms with Crippen LogP contribution in [0, 0.1) is 19.3 Å². The molecule has 0 aromatic heterocycles. The van der Waals surface area contributed by atoms with Gasteiger partial charge in [0.05, 0.1) is 23.5 Å². The molecule has 0 fully saturated rings. The van der Waals surface area contributed by atoms with E-state index in [0.717, 1.165) is 29.0 Å². The fourth-order valence-corrected chi connectivity index (χ4v) is 3.89. The number of likely N-dealkylation sites (N-methyl/N-ethyl adjacent to an activating group) is 1. The third-order valence-electron chi connectivity index (χ3n) is 5.21. The Kier molecular flexibility index (Phi) is 10.2. The van der Waals surface area contributed by atoms with Crippen LogP contribution in [-0.2, 0) is 20.2 Å². The van der Waals surface area contributed by atoms with Crippen molar-refractivity contribution in [3.63, 3.8) is 0 Å². The van der Waals surface area contributed by atoms with E-state index in [1.807, 2.05) is 65.0 Å². The predicted molar refractivity (Wildman–Crippen MR) is 144 cm³/mol. The number of rotatable bonds is 10. The first kappa shape index (κ1) is 28.0. The number of hydrogen-bond acceptors (Lipinski definition) is 5. The zero-order chi connectivity index (χ0) is 25.5.